The van der Waals surface area contributed by atoms with Gasteiger partial charge >= 0.3 is 0 Å². The van der Waals surface area contributed by atoms with Crippen LogP contribution in [0.3, 0.4) is 0 Å². The highest BCUT2D eigenvalue weighted by molar-refractivity contribution is 5.84. The van der Waals surface area contributed by atoms with E-state index in [9.17, 15) is 0 Å². The van der Waals surface area contributed by atoms with Gasteiger partial charge in [-0.3, -0.25) is 4.90 Å². The van der Waals surface area contributed by atoms with E-state index >= 15 is 0 Å². The number of hydrogen-bond donors (Lipinski definition) is 1. The lowest BCUT2D eigenvalue weighted by molar-refractivity contribution is 0.182. The van der Waals surface area contributed by atoms with E-state index in [1.54, 1.807) is 0 Å². The van der Waals surface area contributed by atoms with Crippen LogP contribution < -0.4 is 0 Å². The van der Waals surface area contributed by atoms with E-state index in [1.165, 1.54) is 51.6 Å². The van der Waals surface area contributed by atoms with Crippen LogP contribution in [-0.4, -0.2) is 35.0 Å². The Hall–Kier alpha value is -0.570. The van der Waals surface area contributed by atoms with Crippen LogP contribution in [-0.2, 0) is 0 Å². The van der Waals surface area contributed by atoms with E-state index in [1.807, 2.05) is 0 Å². The molecule has 1 N–H and O–H groups in total. The molecule has 0 aromatic carbocycles. The lowest BCUT2D eigenvalue weighted by Gasteiger charge is -2.31. The van der Waals surface area contributed by atoms with Crippen molar-refractivity contribution in [2.45, 2.75) is 57.4 Å². The van der Waals surface area contributed by atoms with E-state index in [-0.39, 0.29) is 0 Å². The number of hydrogen-bond acceptors (Lipinski definition) is 3. The standard InChI is InChI=1S/C14H24N2O/c17-15-13-7-6-11-9-16(10-12(11)8-13)14-4-2-1-3-5-14/h11-12,14,17H,1-10H2/t11-,12+/m0/s1. The summed E-state index contributed by atoms with van der Waals surface area (Å²) >= 11 is 0. The molecule has 2 aliphatic carbocycles. The predicted octanol–water partition coefficient (Wildman–Crippen LogP) is 2.88. The van der Waals surface area contributed by atoms with E-state index < -0.39 is 0 Å². The van der Waals surface area contributed by atoms with E-state index in [4.69, 9.17) is 5.21 Å². The monoisotopic (exact) mass is 236 g/mol. The fourth-order valence-electron chi connectivity index (χ4n) is 4.13. The van der Waals surface area contributed by atoms with Crippen LogP contribution in [0.2, 0.25) is 0 Å². The average molecular weight is 236 g/mol. The van der Waals surface area contributed by atoms with Gasteiger partial charge in [0.05, 0.1) is 5.71 Å². The summed E-state index contributed by atoms with van der Waals surface area (Å²) in [6, 6.07) is 0.865. The zero-order chi connectivity index (χ0) is 11.7. The number of oxime groups is 1. The highest BCUT2D eigenvalue weighted by Gasteiger charge is 2.39. The minimum absolute atomic E-state index is 0.775. The summed E-state index contributed by atoms with van der Waals surface area (Å²) in [5.41, 5.74) is 1.04. The smallest absolute Gasteiger partial charge is 0.0574 e. The van der Waals surface area contributed by atoms with Gasteiger partial charge in [0.2, 0.25) is 0 Å². The number of rotatable bonds is 1. The lowest BCUT2D eigenvalue weighted by Crippen LogP contribution is -2.35. The van der Waals surface area contributed by atoms with Crippen molar-refractivity contribution in [3.8, 4) is 0 Å². The molecule has 17 heavy (non-hydrogen) atoms. The molecule has 1 heterocycles. The van der Waals surface area contributed by atoms with Crippen LogP contribution in [0.25, 0.3) is 0 Å². The van der Waals surface area contributed by atoms with Crippen LogP contribution in [0.4, 0.5) is 0 Å². The van der Waals surface area contributed by atoms with Crippen molar-refractivity contribution < 1.29 is 5.21 Å². The molecule has 0 spiro atoms. The second-order valence-electron chi connectivity index (χ2n) is 6.17. The van der Waals surface area contributed by atoms with Crippen molar-refractivity contribution in [2.24, 2.45) is 17.0 Å². The van der Waals surface area contributed by atoms with Gasteiger partial charge in [0.1, 0.15) is 0 Å². The van der Waals surface area contributed by atoms with Gasteiger partial charge < -0.3 is 5.21 Å². The topological polar surface area (TPSA) is 35.8 Å². The van der Waals surface area contributed by atoms with Gasteiger partial charge in [-0.05, 0) is 43.9 Å². The van der Waals surface area contributed by atoms with Gasteiger partial charge in [0.25, 0.3) is 0 Å². The molecule has 0 amide bonds. The van der Waals surface area contributed by atoms with Crippen LogP contribution in [0.15, 0.2) is 5.16 Å². The summed E-state index contributed by atoms with van der Waals surface area (Å²) < 4.78 is 0. The number of likely N-dealkylation sites (tertiary alicyclic amines) is 1. The van der Waals surface area contributed by atoms with Crippen molar-refractivity contribution in [3.05, 3.63) is 0 Å². The van der Waals surface area contributed by atoms with Crippen molar-refractivity contribution in [3.63, 3.8) is 0 Å². The molecular weight excluding hydrogens is 212 g/mol. The minimum atomic E-state index is 0.775. The van der Waals surface area contributed by atoms with Gasteiger partial charge in [0, 0.05) is 19.1 Å². The van der Waals surface area contributed by atoms with Gasteiger partial charge in [-0.1, -0.05) is 24.4 Å². The maximum absolute atomic E-state index is 8.90. The zero-order valence-electron chi connectivity index (χ0n) is 10.6. The third-order valence-corrected chi connectivity index (χ3v) is 5.14. The van der Waals surface area contributed by atoms with Gasteiger partial charge in [-0.2, -0.15) is 0 Å². The Kier molecular flexibility index (Phi) is 3.37. The summed E-state index contributed by atoms with van der Waals surface area (Å²) in [6.45, 7) is 2.57. The summed E-state index contributed by atoms with van der Waals surface area (Å²) in [5.74, 6) is 1.65. The molecule has 1 saturated heterocycles. The van der Waals surface area contributed by atoms with Crippen LogP contribution in [0.1, 0.15) is 51.4 Å². The molecule has 3 heteroatoms. The van der Waals surface area contributed by atoms with E-state index in [0.29, 0.717) is 0 Å². The molecule has 0 radical (unpaired) electrons. The molecule has 96 valence electrons. The SMILES string of the molecule is ON=C1CC[C@H]2CN(C3CCCCC3)C[C@H]2C1. The molecule has 0 unspecified atom stereocenters. The molecule has 2 saturated carbocycles. The normalized spacial score (nSPS) is 38.5. The number of fused-ring (bicyclic) bond motifs is 1. The summed E-state index contributed by atoms with van der Waals surface area (Å²) in [7, 11) is 0. The molecular formula is C14H24N2O. The molecule has 2 atom stereocenters. The molecule has 1 aliphatic heterocycles. The largest absolute Gasteiger partial charge is 0.411 e. The predicted molar refractivity (Wildman–Crippen MR) is 68.5 cm³/mol. The highest BCUT2D eigenvalue weighted by Crippen LogP contribution is 2.37. The van der Waals surface area contributed by atoms with E-state index in [0.717, 1.165) is 36.4 Å². The van der Waals surface area contributed by atoms with Crippen LogP contribution in [0.5, 0.6) is 0 Å². The molecule has 3 aliphatic rings. The second-order valence-corrected chi connectivity index (χ2v) is 6.17. The Morgan fingerprint density at radius 3 is 2.53 bits per heavy atom. The fraction of sp³-hybridized carbons (Fsp3) is 0.929. The molecule has 0 bridgehead atoms. The van der Waals surface area contributed by atoms with E-state index in [2.05, 4.69) is 10.1 Å². The second kappa shape index (κ2) is 4.97. The molecule has 3 rings (SSSR count). The third-order valence-electron chi connectivity index (χ3n) is 5.14. The Bertz CT molecular complexity index is 297. The highest BCUT2D eigenvalue weighted by atomic mass is 16.4. The maximum atomic E-state index is 8.90. The van der Waals surface area contributed by atoms with Crippen molar-refractivity contribution in [1.82, 2.24) is 4.90 Å². The quantitative estimate of drug-likeness (QED) is 0.561. The first-order valence-electron chi connectivity index (χ1n) is 7.30. The average Bonchev–Trinajstić information content (AvgIpc) is 2.82. The third kappa shape index (κ3) is 2.35. The Labute approximate surface area is 104 Å². The minimum Gasteiger partial charge on any atom is -0.411 e. The fourth-order valence-corrected chi connectivity index (χ4v) is 4.13. The first-order chi connectivity index (χ1) is 8.36. The van der Waals surface area contributed by atoms with Crippen LogP contribution >= 0.6 is 0 Å². The zero-order valence-corrected chi connectivity index (χ0v) is 10.6. The Balaban J connectivity index is 1.60. The molecule has 0 aromatic rings. The molecule has 3 fully saturated rings. The van der Waals surface area contributed by atoms with Crippen molar-refractivity contribution in [2.75, 3.05) is 13.1 Å². The first-order valence-corrected chi connectivity index (χ1v) is 7.30. The Morgan fingerprint density at radius 2 is 1.76 bits per heavy atom. The van der Waals surface area contributed by atoms with Gasteiger partial charge in [-0.25, -0.2) is 0 Å². The van der Waals surface area contributed by atoms with Crippen molar-refractivity contribution >= 4 is 5.71 Å². The van der Waals surface area contributed by atoms with Crippen LogP contribution in [0, 0.1) is 11.8 Å². The lowest BCUT2D eigenvalue weighted by atomic mass is 9.81. The summed E-state index contributed by atoms with van der Waals surface area (Å²) in [5, 5.41) is 12.3. The van der Waals surface area contributed by atoms with Gasteiger partial charge in [0.15, 0.2) is 0 Å². The summed E-state index contributed by atoms with van der Waals surface area (Å²) in [6.07, 6.45) is 10.5. The van der Waals surface area contributed by atoms with Crippen molar-refractivity contribution in [1.29, 1.82) is 0 Å². The summed E-state index contributed by atoms with van der Waals surface area (Å²) in [4.78, 5) is 2.74. The van der Waals surface area contributed by atoms with Gasteiger partial charge in [-0.15, -0.1) is 0 Å². The molecule has 3 nitrogen and oxygen atoms in total. The maximum Gasteiger partial charge on any atom is 0.0574 e. The Morgan fingerprint density at radius 1 is 1.00 bits per heavy atom. The molecule has 0 aromatic heterocycles. The first kappa shape index (κ1) is 11.5. The number of nitrogens with zero attached hydrogens (tertiary/aromatic N) is 2.